The van der Waals surface area contributed by atoms with Gasteiger partial charge in [-0.2, -0.15) is 0 Å². The molecule has 0 aromatic heterocycles. The van der Waals surface area contributed by atoms with Gasteiger partial charge in [0.05, 0.1) is 0 Å². The Morgan fingerprint density at radius 3 is 1.82 bits per heavy atom. The molecule has 1 heterocycles. The zero-order valence-corrected chi connectivity index (χ0v) is 9.48. The summed E-state index contributed by atoms with van der Waals surface area (Å²) in [6.07, 6.45) is 0. The van der Waals surface area contributed by atoms with E-state index in [2.05, 4.69) is 5.32 Å². The predicted molar refractivity (Wildman–Crippen MR) is 32.7 cm³/mol. The predicted octanol–water partition coefficient (Wildman–Crippen LogP) is -1.94. The Kier molecular flexibility index (Phi) is 3.17. The third kappa shape index (κ3) is 1.86. The van der Waals surface area contributed by atoms with Crippen molar-refractivity contribution < 1.29 is 64.3 Å². The largest absolute Gasteiger partial charge is 1.00 e. The van der Waals surface area contributed by atoms with E-state index in [1.54, 1.807) is 0 Å². The maximum Gasteiger partial charge on any atom is 1.00 e. The van der Waals surface area contributed by atoms with E-state index in [1.165, 1.54) is 0 Å². The first-order valence-corrected chi connectivity index (χ1v) is 3.51. The van der Waals surface area contributed by atoms with Crippen LogP contribution in [0.15, 0.2) is 0 Å². The molecule has 0 aromatic carbocycles. The molecule has 1 N–H and O–H groups in total. The molecule has 1 nitrogen and oxygen atoms in total. The van der Waals surface area contributed by atoms with Gasteiger partial charge in [-0.1, -0.05) is 5.82 Å². The Balaban J connectivity index is 0.000000605. The molecular weight excluding hydrogens is 181 g/mol. The molecule has 11 heavy (non-hydrogen) atoms. The maximum atomic E-state index is 12.0. The average molecular weight is 189 g/mol. The van der Waals surface area contributed by atoms with Crippen LogP contribution in [0.3, 0.4) is 0 Å². The molecular formula is C5H8BF3KN. The molecule has 1 aliphatic heterocycles. The zero-order chi connectivity index (χ0) is 7.35. The van der Waals surface area contributed by atoms with Gasteiger partial charge in [-0.25, -0.2) is 0 Å². The molecule has 0 bridgehead atoms. The van der Waals surface area contributed by atoms with E-state index in [-0.39, 0.29) is 63.2 Å². The quantitative estimate of drug-likeness (QED) is 0.473. The first-order valence-electron chi connectivity index (χ1n) is 3.51. The van der Waals surface area contributed by atoms with Gasteiger partial charge in [-0.05, 0) is 24.9 Å². The maximum absolute atomic E-state index is 12.0. The molecule has 1 aliphatic carbocycles. The molecule has 3 atom stereocenters. The topological polar surface area (TPSA) is 12.0 Å². The molecule has 0 spiro atoms. The number of piperidine rings is 1. The number of hydrogen-bond acceptors (Lipinski definition) is 1. The molecule has 1 saturated heterocycles. The fourth-order valence-corrected chi connectivity index (χ4v) is 2.03. The van der Waals surface area contributed by atoms with Crippen molar-refractivity contribution in [3.8, 4) is 0 Å². The van der Waals surface area contributed by atoms with Crippen LogP contribution >= 0.6 is 0 Å². The van der Waals surface area contributed by atoms with E-state index in [4.69, 9.17) is 0 Å². The Labute approximate surface area is 106 Å². The Morgan fingerprint density at radius 1 is 1.09 bits per heavy atom. The molecule has 58 valence electrons. The van der Waals surface area contributed by atoms with Gasteiger partial charge in [0.15, 0.2) is 0 Å². The minimum absolute atomic E-state index is 0. The van der Waals surface area contributed by atoms with Crippen molar-refractivity contribution in [2.45, 2.75) is 5.82 Å². The second kappa shape index (κ2) is 3.31. The molecule has 1 unspecified atom stereocenters. The van der Waals surface area contributed by atoms with E-state index in [9.17, 15) is 12.9 Å². The summed E-state index contributed by atoms with van der Waals surface area (Å²) in [4.78, 5) is 0. The summed E-state index contributed by atoms with van der Waals surface area (Å²) in [6, 6.07) is 0. The number of nitrogens with one attached hydrogen (secondary N) is 1. The van der Waals surface area contributed by atoms with E-state index >= 15 is 0 Å². The Hall–Kier alpha value is 1.45. The monoisotopic (exact) mass is 189 g/mol. The summed E-state index contributed by atoms with van der Waals surface area (Å²) in [6.45, 7) is -3.37. The minimum Gasteiger partial charge on any atom is -0.449 e. The van der Waals surface area contributed by atoms with Crippen LogP contribution in [0.1, 0.15) is 0 Å². The van der Waals surface area contributed by atoms with Gasteiger partial charge < -0.3 is 18.3 Å². The van der Waals surface area contributed by atoms with Gasteiger partial charge in [0.1, 0.15) is 0 Å². The standard InChI is InChI=1S/C5H8BF3N.K/c7-6(8,9)5-3-1-10-2-4(3)5;/h3-5,10H,1-2H2;/q-1;+1/t3-,4+,5?;. The molecule has 0 radical (unpaired) electrons. The van der Waals surface area contributed by atoms with Crippen molar-refractivity contribution in [1.82, 2.24) is 5.32 Å². The van der Waals surface area contributed by atoms with Gasteiger partial charge in [-0.3, -0.25) is 0 Å². The van der Waals surface area contributed by atoms with Crippen LogP contribution in [-0.4, -0.2) is 20.1 Å². The van der Waals surface area contributed by atoms with Gasteiger partial charge >= 0.3 is 58.4 Å². The Morgan fingerprint density at radius 2 is 1.55 bits per heavy atom. The summed E-state index contributed by atoms with van der Waals surface area (Å²) < 4.78 is 36.0. The fraction of sp³-hybridized carbons (Fsp3) is 1.00. The van der Waals surface area contributed by atoms with Crippen molar-refractivity contribution >= 4 is 6.98 Å². The summed E-state index contributed by atoms with van der Waals surface area (Å²) in [7, 11) is 0. The molecule has 6 heteroatoms. The average Bonchev–Trinajstić information content (AvgIpc) is 2.30. The summed E-state index contributed by atoms with van der Waals surface area (Å²) in [5.74, 6) is -1.05. The summed E-state index contributed by atoms with van der Waals surface area (Å²) >= 11 is 0. The smallest absolute Gasteiger partial charge is 0.449 e. The van der Waals surface area contributed by atoms with Gasteiger partial charge in [0.2, 0.25) is 0 Å². The first kappa shape index (κ1) is 10.5. The summed E-state index contributed by atoms with van der Waals surface area (Å²) in [5.41, 5.74) is 0. The first-order chi connectivity index (χ1) is 4.61. The van der Waals surface area contributed by atoms with Crippen LogP contribution < -0.4 is 56.7 Å². The molecule has 2 aliphatic rings. The van der Waals surface area contributed by atoms with Gasteiger partial charge in [0.25, 0.3) is 0 Å². The molecule has 2 fully saturated rings. The van der Waals surface area contributed by atoms with Gasteiger partial charge in [-0.15, -0.1) is 0 Å². The van der Waals surface area contributed by atoms with Crippen LogP contribution in [0.25, 0.3) is 0 Å². The van der Waals surface area contributed by atoms with Crippen molar-refractivity contribution in [3.63, 3.8) is 0 Å². The van der Waals surface area contributed by atoms with Gasteiger partial charge in [0, 0.05) is 0 Å². The minimum atomic E-state index is -4.53. The number of rotatable bonds is 1. The normalized spacial score (nSPS) is 41.2. The third-order valence-corrected chi connectivity index (χ3v) is 2.59. The number of hydrogen-bond donors (Lipinski definition) is 1. The summed E-state index contributed by atoms with van der Waals surface area (Å²) in [5, 5.41) is 2.93. The zero-order valence-electron chi connectivity index (χ0n) is 6.36. The van der Waals surface area contributed by atoms with Crippen LogP contribution in [-0.2, 0) is 0 Å². The molecule has 2 rings (SSSR count). The van der Waals surface area contributed by atoms with E-state index in [1.807, 2.05) is 0 Å². The van der Waals surface area contributed by atoms with Crippen LogP contribution in [0, 0.1) is 11.8 Å². The number of halogens is 3. The van der Waals surface area contributed by atoms with E-state index in [0.717, 1.165) is 0 Å². The van der Waals surface area contributed by atoms with Crippen molar-refractivity contribution in [3.05, 3.63) is 0 Å². The third-order valence-electron chi connectivity index (χ3n) is 2.59. The van der Waals surface area contributed by atoms with Crippen LogP contribution in [0.5, 0.6) is 0 Å². The fourth-order valence-electron chi connectivity index (χ4n) is 2.03. The van der Waals surface area contributed by atoms with Crippen molar-refractivity contribution in [2.75, 3.05) is 13.1 Å². The van der Waals surface area contributed by atoms with E-state index in [0.29, 0.717) is 13.1 Å². The van der Waals surface area contributed by atoms with Crippen LogP contribution in [0.2, 0.25) is 5.82 Å². The SMILES string of the molecule is F[B-](F)(F)C1[C@H]2CNC[C@@H]12.[K+]. The van der Waals surface area contributed by atoms with Crippen molar-refractivity contribution in [2.24, 2.45) is 11.8 Å². The van der Waals surface area contributed by atoms with Crippen LogP contribution in [0.4, 0.5) is 12.9 Å². The molecule has 0 amide bonds. The van der Waals surface area contributed by atoms with Crippen molar-refractivity contribution in [1.29, 1.82) is 0 Å². The Bertz CT molecular complexity index is 152. The molecule has 0 aromatic rings. The number of fused-ring (bicyclic) bond motifs is 1. The second-order valence-corrected chi connectivity index (χ2v) is 3.19. The molecule has 1 saturated carbocycles. The second-order valence-electron chi connectivity index (χ2n) is 3.19. The van der Waals surface area contributed by atoms with E-state index < -0.39 is 12.8 Å².